The Hall–Kier alpha value is -2.93. The van der Waals surface area contributed by atoms with Crippen LogP contribution in [0, 0.1) is 5.82 Å². The average Bonchev–Trinajstić information content (AvgIpc) is 2.73. The van der Waals surface area contributed by atoms with Gasteiger partial charge in [0.25, 0.3) is 0 Å². The summed E-state index contributed by atoms with van der Waals surface area (Å²) in [6, 6.07) is 13.0. The number of guanidine groups is 1. The van der Waals surface area contributed by atoms with Crippen LogP contribution in [0.5, 0.6) is 0 Å². The lowest BCUT2D eigenvalue weighted by atomic mass is 10.2. The van der Waals surface area contributed by atoms with Gasteiger partial charge in [0, 0.05) is 31.9 Å². The Morgan fingerprint density at radius 1 is 1.07 bits per heavy atom. The maximum absolute atomic E-state index is 13.1. The fraction of sp³-hybridized carbons (Fsp3) is 0.364. The molecule has 2 aromatic carbocycles. The average molecular weight is 398 g/mol. The van der Waals surface area contributed by atoms with Crippen molar-refractivity contribution < 1.29 is 14.3 Å². The van der Waals surface area contributed by atoms with Crippen LogP contribution in [-0.4, -0.2) is 59.6 Å². The largest absolute Gasteiger partial charge is 0.478 e. The molecule has 154 valence electrons. The zero-order valence-corrected chi connectivity index (χ0v) is 16.6. The van der Waals surface area contributed by atoms with Crippen molar-refractivity contribution >= 4 is 17.6 Å². The number of nitrogens with zero attached hydrogens (tertiary/aromatic N) is 3. The van der Waals surface area contributed by atoms with Gasteiger partial charge in [-0.25, -0.2) is 14.2 Å². The summed E-state index contributed by atoms with van der Waals surface area (Å²) in [7, 11) is 0. The topological polar surface area (TPSA) is 68.2 Å². The number of nitrogens with one attached hydrogen (secondary N) is 1. The number of hydrogen-bond donors (Lipinski definition) is 2. The van der Waals surface area contributed by atoms with Crippen LogP contribution in [0.25, 0.3) is 0 Å². The van der Waals surface area contributed by atoms with E-state index in [9.17, 15) is 9.18 Å². The van der Waals surface area contributed by atoms with Crippen molar-refractivity contribution in [2.45, 2.75) is 19.9 Å². The van der Waals surface area contributed by atoms with Gasteiger partial charge < -0.3 is 15.3 Å². The molecule has 6 nitrogen and oxygen atoms in total. The first kappa shape index (κ1) is 20.8. The zero-order chi connectivity index (χ0) is 20.6. The SMILES string of the molecule is CCCN1CCN(C(=NCc2ccc(F)cc2)Nc2ccc(C(=O)O)cc2)CC1. The first-order chi connectivity index (χ1) is 14.0. The summed E-state index contributed by atoms with van der Waals surface area (Å²) in [5.41, 5.74) is 1.95. The van der Waals surface area contributed by atoms with Gasteiger partial charge in [0.15, 0.2) is 5.96 Å². The molecule has 3 rings (SSSR count). The Morgan fingerprint density at radius 2 is 1.72 bits per heavy atom. The Kier molecular flexibility index (Phi) is 7.19. The second-order valence-corrected chi connectivity index (χ2v) is 7.10. The number of aliphatic imine (C=N–C) groups is 1. The molecule has 2 N–H and O–H groups in total. The molecule has 0 amide bonds. The van der Waals surface area contributed by atoms with Gasteiger partial charge in [-0.3, -0.25) is 4.90 Å². The van der Waals surface area contributed by atoms with E-state index in [1.807, 2.05) is 0 Å². The molecule has 7 heteroatoms. The van der Waals surface area contributed by atoms with E-state index in [-0.39, 0.29) is 11.4 Å². The standard InChI is InChI=1S/C22H27FN4O2/c1-2-11-26-12-14-27(15-13-26)22(24-16-17-3-7-19(23)8-4-17)25-20-9-5-18(6-10-20)21(28)29/h3-10H,2,11-16H2,1H3,(H,24,25)(H,28,29). The summed E-state index contributed by atoms with van der Waals surface area (Å²) < 4.78 is 13.1. The monoisotopic (exact) mass is 398 g/mol. The molecule has 0 aliphatic carbocycles. The van der Waals surface area contributed by atoms with Gasteiger partial charge in [-0.05, 0) is 54.9 Å². The molecule has 0 unspecified atom stereocenters. The van der Waals surface area contributed by atoms with E-state index in [0.29, 0.717) is 6.54 Å². The van der Waals surface area contributed by atoms with Crippen molar-refractivity contribution in [3.8, 4) is 0 Å². The summed E-state index contributed by atoms with van der Waals surface area (Å²) in [5, 5.41) is 12.4. The van der Waals surface area contributed by atoms with Crippen LogP contribution in [0.3, 0.4) is 0 Å². The van der Waals surface area contributed by atoms with Crippen LogP contribution in [0.4, 0.5) is 10.1 Å². The van der Waals surface area contributed by atoms with E-state index >= 15 is 0 Å². The van der Waals surface area contributed by atoms with E-state index < -0.39 is 5.97 Å². The number of halogens is 1. The first-order valence-corrected chi connectivity index (χ1v) is 9.91. The number of carbonyl (C=O) groups is 1. The summed E-state index contributed by atoms with van der Waals surface area (Å²) in [5.74, 6) is -0.469. The van der Waals surface area contributed by atoms with E-state index in [1.165, 1.54) is 12.1 Å². The van der Waals surface area contributed by atoms with Gasteiger partial charge in [0.2, 0.25) is 0 Å². The van der Waals surface area contributed by atoms with Crippen LogP contribution in [0.1, 0.15) is 29.3 Å². The van der Waals surface area contributed by atoms with Gasteiger partial charge in [0.1, 0.15) is 5.82 Å². The van der Waals surface area contributed by atoms with Crippen molar-refractivity contribution in [3.63, 3.8) is 0 Å². The highest BCUT2D eigenvalue weighted by Gasteiger charge is 2.19. The second-order valence-electron chi connectivity index (χ2n) is 7.10. The molecule has 1 aliphatic rings. The molecular formula is C22H27FN4O2. The van der Waals surface area contributed by atoms with E-state index in [4.69, 9.17) is 10.1 Å². The Morgan fingerprint density at radius 3 is 2.31 bits per heavy atom. The van der Waals surface area contributed by atoms with Crippen molar-refractivity contribution in [1.82, 2.24) is 9.80 Å². The predicted octanol–water partition coefficient (Wildman–Crippen LogP) is 3.52. The van der Waals surface area contributed by atoms with Gasteiger partial charge >= 0.3 is 5.97 Å². The molecule has 1 heterocycles. The zero-order valence-electron chi connectivity index (χ0n) is 16.6. The van der Waals surface area contributed by atoms with E-state index in [0.717, 1.165) is 56.4 Å². The Bertz CT molecular complexity index is 829. The van der Waals surface area contributed by atoms with Crippen LogP contribution in [0.15, 0.2) is 53.5 Å². The number of aromatic carboxylic acids is 1. The summed E-state index contributed by atoms with van der Waals surface area (Å²) in [6.45, 7) is 7.40. The summed E-state index contributed by atoms with van der Waals surface area (Å²) >= 11 is 0. The minimum Gasteiger partial charge on any atom is -0.478 e. The molecule has 0 aromatic heterocycles. The molecule has 0 radical (unpaired) electrons. The fourth-order valence-corrected chi connectivity index (χ4v) is 3.30. The molecule has 0 bridgehead atoms. The van der Waals surface area contributed by atoms with Gasteiger partial charge in [0.05, 0.1) is 12.1 Å². The first-order valence-electron chi connectivity index (χ1n) is 9.91. The van der Waals surface area contributed by atoms with Crippen LogP contribution < -0.4 is 5.32 Å². The van der Waals surface area contributed by atoms with Gasteiger partial charge in [-0.15, -0.1) is 0 Å². The maximum atomic E-state index is 13.1. The number of benzene rings is 2. The molecular weight excluding hydrogens is 371 g/mol. The highest BCUT2D eigenvalue weighted by Crippen LogP contribution is 2.13. The number of rotatable bonds is 6. The van der Waals surface area contributed by atoms with Crippen molar-refractivity contribution in [2.75, 3.05) is 38.0 Å². The minimum atomic E-state index is -0.950. The van der Waals surface area contributed by atoms with Crippen molar-refractivity contribution in [3.05, 3.63) is 65.5 Å². The quantitative estimate of drug-likeness (QED) is 0.576. The Balaban J connectivity index is 1.74. The third-order valence-electron chi connectivity index (χ3n) is 4.92. The fourth-order valence-electron chi connectivity index (χ4n) is 3.30. The molecule has 0 saturated carbocycles. The third kappa shape index (κ3) is 6.02. The molecule has 0 atom stereocenters. The normalized spacial score (nSPS) is 15.4. The number of hydrogen-bond acceptors (Lipinski definition) is 3. The van der Waals surface area contributed by atoms with E-state index in [2.05, 4.69) is 22.0 Å². The highest BCUT2D eigenvalue weighted by molar-refractivity contribution is 5.94. The number of anilines is 1. The third-order valence-corrected chi connectivity index (χ3v) is 4.92. The highest BCUT2D eigenvalue weighted by atomic mass is 19.1. The summed E-state index contributed by atoms with van der Waals surface area (Å²) in [6.07, 6.45) is 1.14. The molecule has 2 aromatic rings. The summed E-state index contributed by atoms with van der Waals surface area (Å²) in [4.78, 5) is 20.5. The lowest BCUT2D eigenvalue weighted by molar-refractivity contribution is 0.0697. The van der Waals surface area contributed by atoms with E-state index in [1.54, 1.807) is 36.4 Å². The lowest BCUT2D eigenvalue weighted by Gasteiger charge is -2.36. The smallest absolute Gasteiger partial charge is 0.335 e. The van der Waals surface area contributed by atoms with Crippen LogP contribution in [0.2, 0.25) is 0 Å². The van der Waals surface area contributed by atoms with Crippen molar-refractivity contribution in [2.24, 2.45) is 4.99 Å². The molecule has 1 fully saturated rings. The predicted molar refractivity (Wildman–Crippen MR) is 113 cm³/mol. The Labute approximate surface area is 170 Å². The number of carboxylic acid groups (broad SMARTS) is 1. The molecule has 1 saturated heterocycles. The lowest BCUT2D eigenvalue weighted by Crippen LogP contribution is -2.50. The number of piperazine rings is 1. The maximum Gasteiger partial charge on any atom is 0.335 e. The van der Waals surface area contributed by atoms with Crippen molar-refractivity contribution in [1.29, 1.82) is 0 Å². The van der Waals surface area contributed by atoms with Gasteiger partial charge in [-0.1, -0.05) is 19.1 Å². The van der Waals surface area contributed by atoms with Gasteiger partial charge in [-0.2, -0.15) is 0 Å². The number of carboxylic acids is 1. The second kappa shape index (κ2) is 10.0. The molecule has 1 aliphatic heterocycles. The van der Waals surface area contributed by atoms with Crippen LogP contribution in [-0.2, 0) is 6.54 Å². The minimum absolute atomic E-state index is 0.244. The van der Waals surface area contributed by atoms with Crippen LogP contribution >= 0.6 is 0 Å². The molecule has 29 heavy (non-hydrogen) atoms. The molecule has 0 spiro atoms.